The zero-order chi connectivity index (χ0) is 14.8. The lowest BCUT2D eigenvalue weighted by atomic mass is 9.99. The predicted molar refractivity (Wildman–Crippen MR) is 78.0 cm³/mol. The topological polar surface area (TPSA) is 78.1 Å². The van der Waals surface area contributed by atoms with Gasteiger partial charge in [-0.2, -0.15) is 4.31 Å². The molecule has 0 saturated carbocycles. The summed E-state index contributed by atoms with van der Waals surface area (Å²) in [5, 5.41) is 3.39. The average Bonchev–Trinajstić information content (AvgIpc) is 2.96. The molecule has 2 atom stereocenters. The number of sulfonamides is 1. The van der Waals surface area contributed by atoms with Gasteiger partial charge in [-0.25, -0.2) is 13.4 Å². The van der Waals surface area contributed by atoms with E-state index in [4.69, 9.17) is 0 Å². The molecule has 7 heteroatoms. The third-order valence-electron chi connectivity index (χ3n) is 4.06. The highest BCUT2D eigenvalue weighted by Gasteiger charge is 2.36. The van der Waals surface area contributed by atoms with Gasteiger partial charge in [0.2, 0.25) is 0 Å². The fourth-order valence-corrected chi connectivity index (χ4v) is 4.40. The molecule has 20 heavy (non-hydrogen) atoms. The molecule has 6 nitrogen and oxygen atoms in total. The first-order valence-electron chi connectivity index (χ1n) is 7.23. The summed E-state index contributed by atoms with van der Waals surface area (Å²) in [5.41, 5.74) is 0. The lowest BCUT2D eigenvalue weighted by Crippen LogP contribution is -2.52. The van der Waals surface area contributed by atoms with Crippen LogP contribution in [0.25, 0.3) is 0 Å². The zero-order valence-electron chi connectivity index (χ0n) is 12.4. The summed E-state index contributed by atoms with van der Waals surface area (Å²) in [6.07, 6.45) is 5.03. The molecule has 1 aliphatic rings. The number of rotatable bonds is 5. The Morgan fingerprint density at radius 1 is 1.55 bits per heavy atom. The van der Waals surface area contributed by atoms with Crippen molar-refractivity contribution in [3.8, 4) is 0 Å². The normalized spacial score (nSPS) is 22.9. The van der Waals surface area contributed by atoms with Crippen LogP contribution in [0.3, 0.4) is 0 Å². The lowest BCUT2D eigenvalue weighted by Gasteiger charge is -2.37. The minimum absolute atomic E-state index is 0.00660. The second-order valence-corrected chi connectivity index (χ2v) is 7.16. The van der Waals surface area contributed by atoms with Crippen molar-refractivity contribution in [1.29, 1.82) is 0 Å². The number of H-pyrrole nitrogens is 1. The Bertz CT molecular complexity index is 540. The maximum atomic E-state index is 12.8. The van der Waals surface area contributed by atoms with Crippen molar-refractivity contribution in [3.63, 3.8) is 0 Å². The van der Waals surface area contributed by atoms with E-state index in [0.717, 1.165) is 19.3 Å². The maximum absolute atomic E-state index is 12.8. The van der Waals surface area contributed by atoms with E-state index in [9.17, 15) is 8.42 Å². The number of likely N-dealkylation sites (N-methyl/N-ethyl adjacent to an activating group) is 1. The number of nitrogens with zero attached hydrogens (tertiary/aromatic N) is 2. The van der Waals surface area contributed by atoms with Gasteiger partial charge in [-0.15, -0.1) is 0 Å². The fourth-order valence-electron chi connectivity index (χ4n) is 2.70. The van der Waals surface area contributed by atoms with Gasteiger partial charge in [0.05, 0.1) is 6.20 Å². The van der Waals surface area contributed by atoms with Gasteiger partial charge in [0.1, 0.15) is 5.82 Å². The van der Waals surface area contributed by atoms with Crippen LogP contribution in [0.5, 0.6) is 0 Å². The molecule has 2 heterocycles. The molecule has 2 rings (SSSR count). The second kappa shape index (κ2) is 6.24. The summed E-state index contributed by atoms with van der Waals surface area (Å²) in [5.74, 6) is 0.707. The molecule has 0 aromatic carbocycles. The van der Waals surface area contributed by atoms with Gasteiger partial charge in [-0.05, 0) is 26.8 Å². The molecule has 1 aromatic heterocycles. The predicted octanol–water partition coefficient (Wildman–Crippen LogP) is 1.12. The number of aromatic nitrogens is 2. The monoisotopic (exact) mass is 300 g/mol. The zero-order valence-corrected chi connectivity index (χ0v) is 13.2. The van der Waals surface area contributed by atoms with E-state index in [2.05, 4.69) is 15.3 Å². The number of hydrogen-bond donors (Lipinski definition) is 2. The third kappa shape index (κ3) is 2.89. The number of aromatic amines is 1. The van der Waals surface area contributed by atoms with E-state index < -0.39 is 10.0 Å². The van der Waals surface area contributed by atoms with Crippen LogP contribution >= 0.6 is 0 Å². The highest BCUT2D eigenvalue weighted by atomic mass is 32.2. The van der Waals surface area contributed by atoms with Crippen LogP contribution in [0.1, 0.15) is 38.9 Å². The van der Waals surface area contributed by atoms with Crippen LogP contribution < -0.4 is 5.32 Å². The molecular weight excluding hydrogens is 276 g/mol. The Hall–Kier alpha value is -0.920. The third-order valence-corrected chi connectivity index (χ3v) is 5.89. The molecule has 114 valence electrons. The SMILES string of the molecule is CCc1ncc(S(=O)(=O)N2CCCCC2C(C)NC)[nH]1. The molecular formula is C13H24N4O2S. The highest BCUT2D eigenvalue weighted by Crippen LogP contribution is 2.26. The molecule has 0 bridgehead atoms. The van der Waals surface area contributed by atoms with Crippen LogP contribution in [0, 0.1) is 0 Å². The van der Waals surface area contributed by atoms with Gasteiger partial charge in [0, 0.05) is 25.0 Å². The minimum Gasteiger partial charge on any atom is -0.332 e. The van der Waals surface area contributed by atoms with Crippen molar-refractivity contribution in [3.05, 3.63) is 12.0 Å². The molecule has 0 aliphatic carbocycles. The van der Waals surface area contributed by atoms with Gasteiger partial charge in [-0.3, -0.25) is 0 Å². The van der Waals surface area contributed by atoms with Crippen LogP contribution in [-0.2, 0) is 16.4 Å². The van der Waals surface area contributed by atoms with Gasteiger partial charge in [-0.1, -0.05) is 13.3 Å². The van der Waals surface area contributed by atoms with Crippen molar-refractivity contribution < 1.29 is 8.42 Å². The highest BCUT2D eigenvalue weighted by molar-refractivity contribution is 7.89. The van der Waals surface area contributed by atoms with E-state index in [-0.39, 0.29) is 17.1 Å². The first-order chi connectivity index (χ1) is 9.50. The molecule has 0 amide bonds. The molecule has 1 saturated heterocycles. The second-order valence-electron chi connectivity index (χ2n) is 5.30. The molecule has 2 N–H and O–H groups in total. The van der Waals surface area contributed by atoms with Gasteiger partial charge in [0.15, 0.2) is 5.03 Å². The molecule has 0 radical (unpaired) electrons. The molecule has 0 spiro atoms. The Balaban J connectivity index is 2.30. The standard InChI is InChI=1S/C13H24N4O2S/c1-4-12-15-9-13(16-12)20(18,19)17-8-6-5-7-11(17)10(2)14-3/h9-11,14H,4-8H2,1-3H3,(H,15,16). The largest absolute Gasteiger partial charge is 0.332 e. The Morgan fingerprint density at radius 3 is 2.90 bits per heavy atom. The number of aryl methyl sites for hydroxylation is 1. The van der Waals surface area contributed by atoms with E-state index in [0.29, 0.717) is 18.8 Å². The Kier molecular flexibility index (Phi) is 4.82. The van der Waals surface area contributed by atoms with Gasteiger partial charge in [0.25, 0.3) is 10.0 Å². The first kappa shape index (κ1) is 15.5. The summed E-state index contributed by atoms with van der Waals surface area (Å²) < 4.78 is 27.2. The fraction of sp³-hybridized carbons (Fsp3) is 0.769. The number of imidazole rings is 1. The smallest absolute Gasteiger partial charge is 0.260 e. The number of hydrogen-bond acceptors (Lipinski definition) is 4. The van der Waals surface area contributed by atoms with E-state index in [1.165, 1.54) is 6.20 Å². The minimum atomic E-state index is -3.48. The average molecular weight is 300 g/mol. The number of nitrogens with one attached hydrogen (secondary N) is 2. The van der Waals surface area contributed by atoms with Crippen LogP contribution in [-0.4, -0.2) is 48.4 Å². The summed E-state index contributed by atoms with van der Waals surface area (Å²) in [6.45, 7) is 4.56. The van der Waals surface area contributed by atoms with Gasteiger partial charge >= 0.3 is 0 Å². The lowest BCUT2D eigenvalue weighted by molar-refractivity contribution is 0.213. The number of piperidine rings is 1. The maximum Gasteiger partial charge on any atom is 0.260 e. The van der Waals surface area contributed by atoms with E-state index >= 15 is 0 Å². The van der Waals surface area contributed by atoms with Crippen molar-refractivity contribution >= 4 is 10.0 Å². The summed E-state index contributed by atoms with van der Waals surface area (Å²) in [4.78, 5) is 7.03. The molecule has 2 unspecified atom stereocenters. The van der Waals surface area contributed by atoms with E-state index in [1.807, 2.05) is 20.9 Å². The molecule has 1 fully saturated rings. The Morgan fingerprint density at radius 2 is 2.30 bits per heavy atom. The molecule has 1 aromatic rings. The Labute approximate surface area is 121 Å². The van der Waals surface area contributed by atoms with Crippen molar-refractivity contribution in [2.75, 3.05) is 13.6 Å². The van der Waals surface area contributed by atoms with Gasteiger partial charge < -0.3 is 10.3 Å². The van der Waals surface area contributed by atoms with Crippen molar-refractivity contribution in [1.82, 2.24) is 19.6 Å². The summed E-state index contributed by atoms with van der Waals surface area (Å²) >= 11 is 0. The van der Waals surface area contributed by atoms with E-state index in [1.54, 1.807) is 4.31 Å². The quantitative estimate of drug-likeness (QED) is 0.854. The van der Waals surface area contributed by atoms with Crippen molar-refractivity contribution in [2.24, 2.45) is 0 Å². The molecule has 1 aliphatic heterocycles. The first-order valence-corrected chi connectivity index (χ1v) is 8.67. The summed E-state index contributed by atoms with van der Waals surface area (Å²) in [6, 6.07) is 0.144. The van der Waals surface area contributed by atoms with Crippen molar-refractivity contribution in [2.45, 2.75) is 56.6 Å². The summed E-state index contributed by atoms with van der Waals surface area (Å²) in [7, 11) is -1.61. The van der Waals surface area contributed by atoms with Crippen LogP contribution in [0.2, 0.25) is 0 Å². The van der Waals surface area contributed by atoms with Crippen LogP contribution in [0.15, 0.2) is 11.2 Å². The van der Waals surface area contributed by atoms with Crippen LogP contribution in [0.4, 0.5) is 0 Å².